The predicted molar refractivity (Wildman–Crippen MR) is 98.0 cm³/mol. The molecule has 136 valence electrons. The number of fused-ring (bicyclic) bond motifs is 1. The molecule has 2 aromatic carbocycles. The fourth-order valence-electron chi connectivity index (χ4n) is 3.08. The third-order valence-electron chi connectivity index (χ3n) is 4.42. The molecule has 0 fully saturated rings. The molecule has 27 heavy (non-hydrogen) atoms. The Morgan fingerprint density at radius 2 is 2.00 bits per heavy atom. The van der Waals surface area contributed by atoms with Crippen LogP contribution in [0.25, 0.3) is 22.5 Å². The van der Waals surface area contributed by atoms with Crippen molar-refractivity contribution in [2.75, 3.05) is 0 Å². The van der Waals surface area contributed by atoms with Crippen LogP contribution in [0.4, 0.5) is 4.39 Å². The van der Waals surface area contributed by atoms with E-state index in [0.717, 1.165) is 5.56 Å². The summed E-state index contributed by atoms with van der Waals surface area (Å²) in [6, 6.07) is 12.9. The van der Waals surface area contributed by atoms with Crippen LogP contribution in [0.1, 0.15) is 11.3 Å². The molecule has 4 aromatic rings. The van der Waals surface area contributed by atoms with Crippen molar-refractivity contribution in [3.8, 4) is 17.1 Å². The summed E-state index contributed by atoms with van der Waals surface area (Å²) in [5.74, 6) is -0.0538. The van der Waals surface area contributed by atoms with Crippen molar-refractivity contribution in [1.82, 2.24) is 14.7 Å². The highest BCUT2D eigenvalue weighted by molar-refractivity contribution is 5.77. The van der Waals surface area contributed by atoms with Gasteiger partial charge in [0.1, 0.15) is 17.0 Å². The van der Waals surface area contributed by atoms with Crippen molar-refractivity contribution >= 4 is 11.1 Å². The van der Waals surface area contributed by atoms with E-state index in [1.165, 1.54) is 22.8 Å². The molecule has 6 nitrogen and oxygen atoms in total. The van der Waals surface area contributed by atoms with Gasteiger partial charge in [-0.3, -0.25) is 9.36 Å². The Morgan fingerprint density at radius 3 is 2.78 bits per heavy atom. The molecular formula is C20H16FN3O3. The van der Waals surface area contributed by atoms with Gasteiger partial charge in [0, 0.05) is 6.54 Å². The van der Waals surface area contributed by atoms with Gasteiger partial charge in [-0.1, -0.05) is 29.4 Å². The fraction of sp³-hybridized carbons (Fsp3) is 0.150. The molecule has 0 amide bonds. The van der Waals surface area contributed by atoms with E-state index in [-0.39, 0.29) is 35.2 Å². The fourth-order valence-corrected chi connectivity index (χ4v) is 3.08. The number of halogens is 1. The summed E-state index contributed by atoms with van der Waals surface area (Å²) >= 11 is 0. The second-order valence-corrected chi connectivity index (χ2v) is 6.24. The van der Waals surface area contributed by atoms with E-state index in [9.17, 15) is 14.3 Å². The van der Waals surface area contributed by atoms with Gasteiger partial charge in [-0.05, 0) is 43.2 Å². The number of nitrogens with zero attached hydrogens (tertiary/aromatic N) is 3. The van der Waals surface area contributed by atoms with E-state index < -0.39 is 0 Å². The first-order valence-electron chi connectivity index (χ1n) is 8.44. The van der Waals surface area contributed by atoms with E-state index >= 15 is 0 Å². The van der Waals surface area contributed by atoms with Crippen LogP contribution in [0.5, 0.6) is 5.75 Å². The molecular weight excluding hydrogens is 349 g/mol. The van der Waals surface area contributed by atoms with Gasteiger partial charge in [-0.25, -0.2) is 4.39 Å². The molecule has 0 saturated carbocycles. The molecule has 0 aliphatic carbocycles. The Balaban J connectivity index is 1.87. The van der Waals surface area contributed by atoms with Crippen LogP contribution in [-0.2, 0) is 13.0 Å². The summed E-state index contributed by atoms with van der Waals surface area (Å²) in [5.41, 5.74) is 1.43. The smallest absolute Gasteiger partial charge is 0.267 e. The molecule has 0 bridgehead atoms. The molecule has 0 aliphatic rings. The van der Waals surface area contributed by atoms with Crippen LogP contribution in [0.15, 0.2) is 57.8 Å². The number of aryl methyl sites for hydroxylation is 2. The Labute approximate surface area is 153 Å². The number of hydrogen-bond acceptors (Lipinski definition) is 5. The molecule has 0 atom stereocenters. The number of aromatic hydroxyl groups is 1. The minimum absolute atomic E-state index is 0.000470. The van der Waals surface area contributed by atoms with Gasteiger partial charge in [0.2, 0.25) is 0 Å². The molecule has 0 spiro atoms. The number of benzene rings is 2. The largest absolute Gasteiger partial charge is 0.507 e. The first-order valence-corrected chi connectivity index (χ1v) is 8.44. The highest BCUT2D eigenvalue weighted by Gasteiger charge is 2.19. The maximum Gasteiger partial charge on any atom is 0.267 e. The van der Waals surface area contributed by atoms with Crippen LogP contribution in [-0.4, -0.2) is 19.8 Å². The Bertz CT molecular complexity index is 1200. The lowest BCUT2D eigenvalue weighted by Crippen LogP contribution is -2.24. The van der Waals surface area contributed by atoms with Crippen molar-refractivity contribution < 1.29 is 14.0 Å². The zero-order chi connectivity index (χ0) is 19.0. The SMILES string of the molecule is Cc1noc2nc(-c3ccccc3O)n(CCc3cccc(F)c3)c(=O)c12. The van der Waals surface area contributed by atoms with Gasteiger partial charge in [0.15, 0.2) is 5.82 Å². The highest BCUT2D eigenvalue weighted by Crippen LogP contribution is 2.28. The van der Waals surface area contributed by atoms with Crippen LogP contribution in [0.2, 0.25) is 0 Å². The Hall–Kier alpha value is -3.48. The molecule has 0 unspecified atom stereocenters. The molecule has 2 aromatic heterocycles. The summed E-state index contributed by atoms with van der Waals surface area (Å²) in [7, 11) is 0. The standard InChI is InChI=1S/C20H16FN3O3/c1-12-17-19(27-23-12)22-18(15-7-2-3-8-16(15)25)24(20(17)26)10-9-13-5-4-6-14(21)11-13/h2-8,11,25H,9-10H2,1H3. The number of aromatic nitrogens is 3. The molecule has 2 heterocycles. The van der Waals surface area contributed by atoms with Gasteiger partial charge in [0.05, 0.1) is 11.3 Å². The first kappa shape index (κ1) is 17.0. The van der Waals surface area contributed by atoms with Crippen LogP contribution in [0.3, 0.4) is 0 Å². The van der Waals surface area contributed by atoms with Gasteiger partial charge >= 0.3 is 0 Å². The average Bonchev–Trinajstić information content (AvgIpc) is 3.02. The molecule has 0 radical (unpaired) electrons. The number of phenols is 1. The first-order chi connectivity index (χ1) is 13.0. The lowest BCUT2D eigenvalue weighted by molar-refractivity contribution is 0.442. The van der Waals surface area contributed by atoms with Gasteiger partial charge in [-0.15, -0.1) is 0 Å². The Morgan fingerprint density at radius 1 is 1.19 bits per heavy atom. The summed E-state index contributed by atoms with van der Waals surface area (Å²) in [5, 5.41) is 14.3. The highest BCUT2D eigenvalue weighted by atomic mass is 19.1. The minimum Gasteiger partial charge on any atom is -0.507 e. The van der Waals surface area contributed by atoms with Crippen molar-refractivity contribution in [1.29, 1.82) is 0 Å². The van der Waals surface area contributed by atoms with Gasteiger partial charge in [-0.2, -0.15) is 4.98 Å². The quantitative estimate of drug-likeness (QED) is 0.599. The molecule has 0 aliphatic heterocycles. The summed E-state index contributed by atoms with van der Waals surface area (Å²) in [6.45, 7) is 1.94. The molecule has 7 heteroatoms. The second-order valence-electron chi connectivity index (χ2n) is 6.24. The number of hydrogen-bond donors (Lipinski definition) is 1. The average molecular weight is 365 g/mol. The second kappa shape index (κ2) is 6.68. The lowest BCUT2D eigenvalue weighted by Gasteiger charge is -2.13. The van der Waals surface area contributed by atoms with Crippen LogP contribution < -0.4 is 5.56 Å². The number of rotatable bonds is 4. The van der Waals surface area contributed by atoms with E-state index in [0.29, 0.717) is 23.1 Å². The number of phenolic OH excluding ortho intramolecular Hbond substituents is 1. The summed E-state index contributed by atoms with van der Waals surface area (Å²) in [4.78, 5) is 17.5. The third-order valence-corrected chi connectivity index (χ3v) is 4.42. The maximum atomic E-state index is 13.5. The summed E-state index contributed by atoms with van der Waals surface area (Å²) < 4.78 is 20.1. The van der Waals surface area contributed by atoms with Crippen molar-refractivity contribution in [2.45, 2.75) is 19.9 Å². The van der Waals surface area contributed by atoms with Gasteiger partial charge < -0.3 is 9.63 Å². The maximum absolute atomic E-state index is 13.5. The lowest BCUT2D eigenvalue weighted by atomic mass is 10.1. The molecule has 4 rings (SSSR count). The molecule has 0 saturated heterocycles. The minimum atomic E-state index is -0.329. The normalized spacial score (nSPS) is 11.2. The number of para-hydroxylation sites is 1. The zero-order valence-electron chi connectivity index (χ0n) is 14.5. The van der Waals surface area contributed by atoms with E-state index in [1.807, 2.05) is 0 Å². The summed E-state index contributed by atoms with van der Waals surface area (Å²) in [6.07, 6.45) is 0.426. The van der Waals surface area contributed by atoms with Crippen molar-refractivity contribution in [3.63, 3.8) is 0 Å². The molecule has 1 N–H and O–H groups in total. The third kappa shape index (κ3) is 3.08. The van der Waals surface area contributed by atoms with Crippen LogP contribution in [0, 0.1) is 12.7 Å². The van der Waals surface area contributed by atoms with Crippen LogP contribution >= 0.6 is 0 Å². The predicted octanol–water partition coefficient (Wildman–Crippen LogP) is 3.45. The monoisotopic (exact) mass is 365 g/mol. The zero-order valence-corrected chi connectivity index (χ0v) is 14.5. The van der Waals surface area contributed by atoms with Crippen molar-refractivity contribution in [3.05, 3.63) is 76.0 Å². The van der Waals surface area contributed by atoms with E-state index in [4.69, 9.17) is 4.52 Å². The Kier molecular flexibility index (Phi) is 4.19. The topological polar surface area (TPSA) is 81.2 Å². The van der Waals surface area contributed by atoms with Gasteiger partial charge in [0.25, 0.3) is 11.3 Å². The van der Waals surface area contributed by atoms with E-state index in [1.54, 1.807) is 37.3 Å². The van der Waals surface area contributed by atoms with E-state index in [2.05, 4.69) is 10.1 Å². The van der Waals surface area contributed by atoms with Crippen molar-refractivity contribution in [2.24, 2.45) is 0 Å².